The van der Waals surface area contributed by atoms with Crippen LogP contribution < -0.4 is 33.2 Å². The van der Waals surface area contributed by atoms with Gasteiger partial charge >= 0.3 is 5.97 Å². The zero-order valence-electron chi connectivity index (χ0n) is 19.5. The zero-order chi connectivity index (χ0) is 26.3. The van der Waals surface area contributed by atoms with E-state index in [2.05, 4.69) is 20.9 Å². The molecule has 0 rings (SSSR count). The molecule has 0 spiro atoms. The Morgan fingerprint density at radius 1 is 1.00 bits per heavy atom. The summed E-state index contributed by atoms with van der Waals surface area (Å²) in [5.74, 6) is -3.87. The van der Waals surface area contributed by atoms with Crippen LogP contribution >= 0.6 is 11.6 Å². The fraction of sp³-hybridized carbons (Fsp3) is 0.700. The van der Waals surface area contributed by atoms with Gasteiger partial charge in [-0.25, -0.2) is 0 Å². The summed E-state index contributed by atoms with van der Waals surface area (Å²) in [6.45, 7) is 3.51. The summed E-state index contributed by atoms with van der Waals surface area (Å²) < 4.78 is 0. The quantitative estimate of drug-likeness (QED) is 0.0508. The van der Waals surface area contributed by atoms with Gasteiger partial charge in [-0.05, 0) is 31.6 Å². The Bertz CT molecular complexity index is 743. The van der Waals surface area contributed by atoms with Crippen LogP contribution in [-0.4, -0.2) is 77.6 Å². The van der Waals surface area contributed by atoms with Gasteiger partial charge in [0.2, 0.25) is 17.7 Å². The van der Waals surface area contributed by atoms with Crippen molar-refractivity contribution >= 4 is 47.0 Å². The number of carboxylic acids is 1. The minimum absolute atomic E-state index is 0.0957. The highest BCUT2D eigenvalue weighted by atomic mass is 35.5. The maximum Gasteiger partial charge on any atom is 0.303 e. The minimum Gasteiger partial charge on any atom is -0.481 e. The highest BCUT2D eigenvalue weighted by Crippen LogP contribution is 2.05. The average Bonchev–Trinajstić information content (AvgIpc) is 2.75. The third-order valence-corrected chi connectivity index (χ3v) is 4.83. The van der Waals surface area contributed by atoms with E-state index in [1.54, 1.807) is 0 Å². The molecule has 14 heteroatoms. The van der Waals surface area contributed by atoms with Crippen LogP contribution in [0.25, 0.3) is 0 Å². The Morgan fingerprint density at radius 2 is 1.65 bits per heavy atom. The maximum atomic E-state index is 12.5. The van der Waals surface area contributed by atoms with Crippen LogP contribution in [0.3, 0.4) is 0 Å². The number of guanidine groups is 1. The second kappa shape index (κ2) is 16.6. The number of nitrogens with one attached hydrogen (secondary N) is 3. The summed E-state index contributed by atoms with van der Waals surface area (Å²) >= 11 is 5.59. The number of nitrogens with zero attached hydrogens (tertiary/aromatic N) is 1. The molecule has 0 fully saturated rings. The number of alkyl halides is 1. The Morgan fingerprint density at radius 3 is 2.18 bits per heavy atom. The van der Waals surface area contributed by atoms with Gasteiger partial charge < -0.3 is 38.3 Å². The van der Waals surface area contributed by atoms with Crippen molar-refractivity contribution in [3.05, 3.63) is 0 Å². The predicted octanol–water partition coefficient (Wildman–Crippen LogP) is -1.83. The Hall–Kier alpha value is -2.93. The van der Waals surface area contributed by atoms with Crippen molar-refractivity contribution in [2.45, 2.75) is 64.1 Å². The molecule has 0 saturated heterocycles. The molecule has 0 bridgehead atoms. The molecule has 0 aromatic heterocycles. The van der Waals surface area contributed by atoms with Gasteiger partial charge in [-0.2, -0.15) is 0 Å². The lowest BCUT2D eigenvalue weighted by Gasteiger charge is -2.21. The van der Waals surface area contributed by atoms with Gasteiger partial charge in [0.1, 0.15) is 6.04 Å². The first kappa shape index (κ1) is 31.1. The molecule has 3 atom stereocenters. The number of rotatable bonds is 17. The van der Waals surface area contributed by atoms with E-state index in [9.17, 15) is 24.0 Å². The third kappa shape index (κ3) is 14.3. The standard InChI is InChI=1S/C20H36ClN7O6/c1-11(2)8-12(22)18(33)28-14(5-6-17(31)32)19(34)26-10-16(30)27-13(15(29)9-21)4-3-7-25-20(23)24/h11-14H,3-10,22H2,1-2H3,(H,26,34)(H,27,30)(H,28,33)(H,31,32)(H4,23,24,25)/t12-,13-,14-/m0/s1. The smallest absolute Gasteiger partial charge is 0.303 e. The van der Waals surface area contributed by atoms with Crippen LogP contribution in [0.4, 0.5) is 0 Å². The lowest BCUT2D eigenvalue weighted by atomic mass is 10.0. The molecule has 0 saturated carbocycles. The fourth-order valence-electron chi connectivity index (χ4n) is 2.88. The molecule has 10 N–H and O–H groups in total. The van der Waals surface area contributed by atoms with Gasteiger partial charge in [-0.1, -0.05) is 13.8 Å². The van der Waals surface area contributed by atoms with Gasteiger partial charge in [0.05, 0.1) is 24.5 Å². The molecule has 0 aromatic carbocycles. The fourth-order valence-corrected chi connectivity index (χ4v) is 3.06. The van der Waals surface area contributed by atoms with E-state index in [1.165, 1.54) is 0 Å². The van der Waals surface area contributed by atoms with Crippen molar-refractivity contribution in [3.8, 4) is 0 Å². The van der Waals surface area contributed by atoms with E-state index >= 15 is 0 Å². The Labute approximate surface area is 203 Å². The molecule has 0 aliphatic carbocycles. The summed E-state index contributed by atoms with van der Waals surface area (Å²) in [6.07, 6.45) is 0.429. The van der Waals surface area contributed by atoms with E-state index in [0.717, 1.165) is 0 Å². The lowest BCUT2D eigenvalue weighted by Crippen LogP contribution is -2.53. The van der Waals surface area contributed by atoms with Gasteiger partial charge in [0.15, 0.2) is 11.7 Å². The first-order valence-electron chi connectivity index (χ1n) is 10.9. The van der Waals surface area contributed by atoms with Crippen molar-refractivity contribution in [1.29, 1.82) is 0 Å². The zero-order valence-corrected chi connectivity index (χ0v) is 20.3. The molecule has 0 aliphatic heterocycles. The summed E-state index contributed by atoms with van der Waals surface area (Å²) in [7, 11) is 0. The maximum absolute atomic E-state index is 12.5. The summed E-state index contributed by atoms with van der Waals surface area (Å²) in [5, 5.41) is 16.2. The molecular formula is C20H36ClN7O6. The largest absolute Gasteiger partial charge is 0.481 e. The number of hydrogen-bond donors (Lipinski definition) is 7. The number of nitrogens with two attached hydrogens (primary N) is 3. The lowest BCUT2D eigenvalue weighted by molar-refractivity contribution is -0.138. The second-order valence-electron chi connectivity index (χ2n) is 8.12. The number of aliphatic carboxylic acids is 1. The number of amides is 3. The van der Waals surface area contributed by atoms with Crippen LogP contribution in [0.1, 0.15) is 46.0 Å². The Kier molecular flexibility index (Phi) is 15.2. The van der Waals surface area contributed by atoms with E-state index in [1.807, 2.05) is 13.8 Å². The SMILES string of the molecule is CC(C)C[C@H](N)C(=O)N[C@@H](CCC(=O)O)C(=O)NCC(=O)N[C@@H](CCCN=C(N)N)C(=O)CCl. The van der Waals surface area contributed by atoms with E-state index in [-0.39, 0.29) is 43.6 Å². The van der Waals surface area contributed by atoms with Crippen LogP contribution in [0, 0.1) is 5.92 Å². The number of carboxylic acid groups (broad SMARTS) is 1. The van der Waals surface area contributed by atoms with E-state index in [4.69, 9.17) is 33.9 Å². The summed E-state index contributed by atoms with van der Waals surface area (Å²) in [5.41, 5.74) is 16.3. The summed E-state index contributed by atoms with van der Waals surface area (Å²) in [6, 6.07) is -2.97. The number of hydrogen-bond acceptors (Lipinski definition) is 7. The van der Waals surface area contributed by atoms with Gasteiger partial charge in [-0.3, -0.25) is 29.0 Å². The molecule has 0 heterocycles. The second-order valence-corrected chi connectivity index (χ2v) is 8.38. The van der Waals surface area contributed by atoms with Crippen LogP contribution in [0.15, 0.2) is 4.99 Å². The van der Waals surface area contributed by atoms with Crippen LogP contribution in [0.5, 0.6) is 0 Å². The van der Waals surface area contributed by atoms with Crippen molar-refractivity contribution in [3.63, 3.8) is 0 Å². The number of halogens is 1. The van der Waals surface area contributed by atoms with E-state index < -0.39 is 54.1 Å². The van der Waals surface area contributed by atoms with Crippen molar-refractivity contribution in [2.75, 3.05) is 19.0 Å². The number of Topliss-reactive ketones (excluding diaryl/α,β-unsaturated/α-hetero) is 1. The highest BCUT2D eigenvalue weighted by molar-refractivity contribution is 6.28. The molecule has 34 heavy (non-hydrogen) atoms. The average molecular weight is 506 g/mol. The molecule has 0 unspecified atom stereocenters. The number of ketones is 1. The molecule has 0 aromatic rings. The van der Waals surface area contributed by atoms with Crippen LogP contribution in [0.2, 0.25) is 0 Å². The first-order valence-corrected chi connectivity index (χ1v) is 11.4. The summed E-state index contributed by atoms with van der Waals surface area (Å²) in [4.78, 5) is 63.8. The molecule has 13 nitrogen and oxygen atoms in total. The molecule has 194 valence electrons. The third-order valence-electron chi connectivity index (χ3n) is 4.57. The van der Waals surface area contributed by atoms with E-state index in [0.29, 0.717) is 12.8 Å². The highest BCUT2D eigenvalue weighted by Gasteiger charge is 2.26. The molecular weight excluding hydrogens is 470 g/mol. The number of aliphatic imine (C=N–C) groups is 1. The van der Waals surface area contributed by atoms with Crippen molar-refractivity contribution in [2.24, 2.45) is 28.1 Å². The Balaban J connectivity index is 4.96. The normalized spacial score (nSPS) is 13.3. The van der Waals surface area contributed by atoms with Crippen LogP contribution in [-0.2, 0) is 24.0 Å². The monoisotopic (exact) mass is 505 g/mol. The first-order chi connectivity index (χ1) is 15.9. The van der Waals surface area contributed by atoms with Gasteiger partial charge in [0, 0.05) is 13.0 Å². The molecule has 0 radical (unpaired) electrons. The topological polar surface area (TPSA) is 232 Å². The van der Waals surface area contributed by atoms with Crippen molar-refractivity contribution < 1.29 is 29.1 Å². The molecule has 0 aliphatic rings. The number of carbonyl (C=O) groups is 5. The van der Waals surface area contributed by atoms with Gasteiger partial charge in [0.25, 0.3) is 0 Å². The predicted molar refractivity (Wildman–Crippen MR) is 127 cm³/mol. The minimum atomic E-state index is -1.20. The number of carbonyl (C=O) groups excluding carboxylic acids is 4. The van der Waals surface area contributed by atoms with Crippen molar-refractivity contribution in [1.82, 2.24) is 16.0 Å². The molecule has 3 amide bonds. The van der Waals surface area contributed by atoms with Gasteiger partial charge in [-0.15, -0.1) is 11.6 Å².